The zero-order valence-electron chi connectivity index (χ0n) is 15.0. The lowest BCUT2D eigenvalue weighted by Crippen LogP contribution is -2.20. The van der Waals surface area contributed by atoms with Gasteiger partial charge >= 0.3 is 5.97 Å². The molecule has 2 N–H and O–H groups in total. The molecule has 0 saturated carbocycles. The average molecular weight is 368 g/mol. The van der Waals surface area contributed by atoms with Crippen LogP contribution < -0.4 is 10.1 Å². The Hall–Kier alpha value is -3.12. The number of nitrogens with one attached hydrogen (secondary N) is 1. The van der Waals surface area contributed by atoms with E-state index < -0.39 is 5.97 Å². The lowest BCUT2D eigenvalue weighted by molar-refractivity contribution is -0.132. The monoisotopic (exact) mass is 368 g/mol. The second-order valence-corrected chi connectivity index (χ2v) is 6.38. The van der Waals surface area contributed by atoms with Crippen molar-refractivity contribution in [1.29, 1.82) is 0 Å². The minimum Gasteiger partial charge on any atom is -0.488 e. The molecule has 0 fully saturated rings. The Balaban J connectivity index is 1.77. The van der Waals surface area contributed by atoms with Crippen LogP contribution in [0.4, 0.5) is 4.39 Å². The first kappa shape index (κ1) is 18.7. The Bertz CT molecular complexity index is 977. The van der Waals surface area contributed by atoms with Gasteiger partial charge in [0.05, 0.1) is 5.52 Å². The van der Waals surface area contributed by atoms with E-state index in [1.54, 1.807) is 12.1 Å². The minimum absolute atomic E-state index is 0.114. The Kier molecular flexibility index (Phi) is 5.57. The Morgan fingerprint density at radius 2 is 1.96 bits per heavy atom. The fourth-order valence-electron chi connectivity index (χ4n) is 2.79. The maximum Gasteiger partial charge on any atom is 0.332 e. The van der Waals surface area contributed by atoms with E-state index in [1.807, 2.05) is 36.0 Å². The van der Waals surface area contributed by atoms with Crippen molar-refractivity contribution >= 4 is 16.9 Å². The van der Waals surface area contributed by atoms with Crippen LogP contribution in [0, 0.1) is 5.82 Å². The largest absolute Gasteiger partial charge is 0.488 e. The number of rotatable bonds is 8. The summed E-state index contributed by atoms with van der Waals surface area (Å²) in [6.45, 7) is 4.53. The number of aromatic nitrogens is 1. The van der Waals surface area contributed by atoms with Crippen LogP contribution in [0.25, 0.3) is 10.9 Å². The highest BCUT2D eigenvalue weighted by atomic mass is 19.1. The van der Waals surface area contributed by atoms with Crippen molar-refractivity contribution in [3.63, 3.8) is 0 Å². The molecular weight excluding hydrogens is 347 g/mol. The number of aryl methyl sites for hydroxylation is 1. The maximum atomic E-state index is 13.0. The third-order valence-electron chi connectivity index (χ3n) is 4.30. The molecule has 0 bridgehead atoms. The number of benzene rings is 2. The SMILES string of the molecule is C=C(CNCc1cc(OCc2ccc(F)cc2)c2ccn(C)c2c1)C(=O)O. The quantitative estimate of drug-likeness (QED) is 0.596. The molecule has 0 aliphatic carbocycles. The molecule has 1 aromatic heterocycles. The molecule has 0 unspecified atom stereocenters. The zero-order valence-corrected chi connectivity index (χ0v) is 15.0. The normalized spacial score (nSPS) is 10.9. The van der Waals surface area contributed by atoms with Gasteiger partial charge in [-0.2, -0.15) is 0 Å². The number of carboxylic acids is 1. The summed E-state index contributed by atoms with van der Waals surface area (Å²) in [5, 5.41) is 12.9. The number of ether oxygens (including phenoxy) is 1. The maximum absolute atomic E-state index is 13.0. The van der Waals surface area contributed by atoms with Crippen LogP contribution in [0.1, 0.15) is 11.1 Å². The van der Waals surface area contributed by atoms with Gasteiger partial charge in [0.25, 0.3) is 0 Å². The van der Waals surface area contributed by atoms with Crippen molar-refractivity contribution < 1.29 is 19.0 Å². The van der Waals surface area contributed by atoms with Gasteiger partial charge in [-0.05, 0) is 41.5 Å². The topological polar surface area (TPSA) is 63.5 Å². The predicted molar refractivity (Wildman–Crippen MR) is 102 cm³/mol. The molecular formula is C21H21FN2O3. The summed E-state index contributed by atoms with van der Waals surface area (Å²) < 4.78 is 21.0. The molecule has 5 nitrogen and oxygen atoms in total. The molecule has 0 saturated heterocycles. The molecule has 0 aliphatic heterocycles. The molecule has 2 aromatic carbocycles. The van der Waals surface area contributed by atoms with E-state index >= 15 is 0 Å². The van der Waals surface area contributed by atoms with Gasteiger partial charge in [0, 0.05) is 37.3 Å². The van der Waals surface area contributed by atoms with Gasteiger partial charge in [-0.1, -0.05) is 18.7 Å². The molecule has 6 heteroatoms. The van der Waals surface area contributed by atoms with Gasteiger partial charge < -0.3 is 19.7 Å². The number of aliphatic carboxylic acids is 1. The number of halogens is 1. The Labute approximate surface area is 156 Å². The fraction of sp³-hybridized carbons (Fsp3) is 0.190. The smallest absolute Gasteiger partial charge is 0.332 e. The minimum atomic E-state index is -1.01. The van der Waals surface area contributed by atoms with Gasteiger partial charge in [-0.15, -0.1) is 0 Å². The van der Waals surface area contributed by atoms with Crippen LogP contribution in [0.2, 0.25) is 0 Å². The summed E-state index contributed by atoms with van der Waals surface area (Å²) in [5.74, 6) is -0.560. The number of carbonyl (C=O) groups is 1. The van der Waals surface area contributed by atoms with Gasteiger partial charge in [0.2, 0.25) is 0 Å². The van der Waals surface area contributed by atoms with E-state index in [0.717, 1.165) is 27.8 Å². The van der Waals surface area contributed by atoms with Crippen molar-refractivity contribution in [2.24, 2.45) is 7.05 Å². The standard InChI is InChI=1S/C21H21FN2O3/c1-14(21(25)26)11-23-12-16-9-19-18(7-8-24(19)2)20(10-16)27-13-15-3-5-17(22)6-4-15/h3-10,23H,1,11-13H2,2H3,(H,25,26). The average Bonchev–Trinajstić information content (AvgIpc) is 3.02. The molecule has 0 amide bonds. The summed E-state index contributed by atoms with van der Waals surface area (Å²) >= 11 is 0. The molecule has 3 rings (SSSR count). The fourth-order valence-corrected chi connectivity index (χ4v) is 2.79. The van der Waals surface area contributed by atoms with Gasteiger partial charge in [-0.25, -0.2) is 9.18 Å². The second kappa shape index (κ2) is 8.05. The first-order valence-corrected chi connectivity index (χ1v) is 8.51. The second-order valence-electron chi connectivity index (χ2n) is 6.38. The number of fused-ring (bicyclic) bond motifs is 1. The van der Waals surface area contributed by atoms with E-state index in [4.69, 9.17) is 9.84 Å². The van der Waals surface area contributed by atoms with Gasteiger partial charge in [-0.3, -0.25) is 0 Å². The third-order valence-corrected chi connectivity index (χ3v) is 4.30. The van der Waals surface area contributed by atoms with E-state index in [2.05, 4.69) is 11.9 Å². The summed E-state index contributed by atoms with van der Waals surface area (Å²) in [6.07, 6.45) is 1.96. The molecule has 0 aliphatic rings. The first-order valence-electron chi connectivity index (χ1n) is 8.51. The molecule has 0 spiro atoms. The van der Waals surface area contributed by atoms with Crippen LogP contribution >= 0.6 is 0 Å². The summed E-state index contributed by atoms with van der Waals surface area (Å²) in [5.41, 5.74) is 2.97. The number of carboxylic acid groups (broad SMARTS) is 1. The van der Waals surface area contributed by atoms with Crippen molar-refractivity contribution in [1.82, 2.24) is 9.88 Å². The van der Waals surface area contributed by atoms with E-state index in [1.165, 1.54) is 12.1 Å². The van der Waals surface area contributed by atoms with E-state index in [0.29, 0.717) is 13.2 Å². The molecule has 140 valence electrons. The molecule has 27 heavy (non-hydrogen) atoms. The van der Waals surface area contributed by atoms with Crippen molar-refractivity contribution in [2.75, 3.05) is 6.54 Å². The number of hydrogen-bond acceptors (Lipinski definition) is 3. The lowest BCUT2D eigenvalue weighted by atomic mass is 10.1. The van der Waals surface area contributed by atoms with E-state index in [9.17, 15) is 9.18 Å². The van der Waals surface area contributed by atoms with Gasteiger partial charge in [0.15, 0.2) is 0 Å². The van der Waals surface area contributed by atoms with E-state index in [-0.39, 0.29) is 17.9 Å². The highest BCUT2D eigenvalue weighted by Gasteiger charge is 2.10. The van der Waals surface area contributed by atoms with Crippen molar-refractivity contribution in [3.8, 4) is 5.75 Å². The third kappa shape index (κ3) is 4.54. The van der Waals surface area contributed by atoms with Crippen LogP contribution in [0.5, 0.6) is 5.75 Å². The van der Waals surface area contributed by atoms with Crippen LogP contribution in [-0.2, 0) is 25.0 Å². The van der Waals surface area contributed by atoms with Crippen LogP contribution in [-0.4, -0.2) is 22.2 Å². The number of hydrogen-bond donors (Lipinski definition) is 2. The summed E-state index contributed by atoms with van der Waals surface area (Å²) in [7, 11) is 1.95. The van der Waals surface area contributed by atoms with Crippen LogP contribution in [0.3, 0.4) is 0 Å². The number of nitrogens with zero attached hydrogens (tertiary/aromatic N) is 1. The Morgan fingerprint density at radius 1 is 1.22 bits per heavy atom. The summed E-state index contributed by atoms with van der Waals surface area (Å²) in [6, 6.07) is 12.2. The molecule has 1 heterocycles. The highest BCUT2D eigenvalue weighted by Crippen LogP contribution is 2.29. The summed E-state index contributed by atoms with van der Waals surface area (Å²) in [4.78, 5) is 10.8. The predicted octanol–water partition coefficient (Wildman–Crippen LogP) is 3.63. The molecule has 3 aromatic rings. The van der Waals surface area contributed by atoms with Crippen molar-refractivity contribution in [2.45, 2.75) is 13.2 Å². The molecule has 0 radical (unpaired) electrons. The Morgan fingerprint density at radius 3 is 2.67 bits per heavy atom. The first-order chi connectivity index (χ1) is 12.9. The zero-order chi connectivity index (χ0) is 19.4. The molecule has 0 atom stereocenters. The van der Waals surface area contributed by atoms with Gasteiger partial charge in [0.1, 0.15) is 18.2 Å². The van der Waals surface area contributed by atoms with Crippen LogP contribution in [0.15, 0.2) is 60.8 Å². The lowest BCUT2D eigenvalue weighted by Gasteiger charge is -2.12. The van der Waals surface area contributed by atoms with Crippen molar-refractivity contribution in [3.05, 3.63) is 77.8 Å². The highest BCUT2D eigenvalue weighted by molar-refractivity contribution is 5.87.